The van der Waals surface area contributed by atoms with E-state index < -0.39 is 6.10 Å². The quantitative estimate of drug-likeness (QED) is 0.878. The van der Waals surface area contributed by atoms with Crippen LogP contribution >= 0.6 is 27.5 Å². The molecule has 0 aliphatic carbocycles. The van der Waals surface area contributed by atoms with Crippen molar-refractivity contribution < 1.29 is 9.50 Å². The van der Waals surface area contributed by atoms with Crippen LogP contribution in [0.5, 0.6) is 0 Å². The van der Waals surface area contributed by atoms with Crippen LogP contribution in [0.1, 0.15) is 17.2 Å². The molecule has 0 spiro atoms. The molecule has 1 N–H and O–H groups in total. The molecule has 1 nitrogen and oxygen atoms in total. The summed E-state index contributed by atoms with van der Waals surface area (Å²) in [7, 11) is 0. The summed E-state index contributed by atoms with van der Waals surface area (Å²) >= 11 is 9.23. The minimum Gasteiger partial charge on any atom is -0.388 e. The number of halogens is 3. The molecule has 0 heterocycles. The summed E-state index contributed by atoms with van der Waals surface area (Å²) in [6.45, 7) is 0. The van der Waals surface area contributed by atoms with Gasteiger partial charge in [-0.1, -0.05) is 45.7 Å². The van der Waals surface area contributed by atoms with Gasteiger partial charge in [-0.2, -0.15) is 0 Å². The lowest BCUT2D eigenvalue weighted by Gasteiger charge is -2.13. The van der Waals surface area contributed by atoms with Crippen LogP contribution in [-0.2, 0) is 6.42 Å². The molecular formula is C14H11BrClFO. The maximum atomic E-state index is 13.2. The third-order valence-corrected chi connectivity index (χ3v) is 3.42. The van der Waals surface area contributed by atoms with Crippen molar-refractivity contribution >= 4 is 27.5 Å². The van der Waals surface area contributed by atoms with E-state index in [4.69, 9.17) is 11.6 Å². The molecule has 18 heavy (non-hydrogen) atoms. The Morgan fingerprint density at radius 3 is 2.61 bits per heavy atom. The van der Waals surface area contributed by atoms with E-state index in [1.54, 1.807) is 24.3 Å². The van der Waals surface area contributed by atoms with Crippen molar-refractivity contribution in [3.05, 3.63) is 68.9 Å². The van der Waals surface area contributed by atoms with Gasteiger partial charge in [-0.3, -0.25) is 0 Å². The predicted molar refractivity (Wildman–Crippen MR) is 74.2 cm³/mol. The topological polar surface area (TPSA) is 20.2 Å². The molecule has 0 saturated carbocycles. The second-order valence-corrected chi connectivity index (χ2v) is 5.34. The van der Waals surface area contributed by atoms with Crippen molar-refractivity contribution in [3.8, 4) is 0 Å². The van der Waals surface area contributed by atoms with Crippen LogP contribution in [0.4, 0.5) is 4.39 Å². The molecule has 1 unspecified atom stereocenters. The minimum atomic E-state index is -0.743. The number of hydrogen-bond acceptors (Lipinski definition) is 1. The molecule has 0 bridgehead atoms. The first-order valence-corrected chi connectivity index (χ1v) is 6.61. The van der Waals surface area contributed by atoms with Crippen molar-refractivity contribution in [1.29, 1.82) is 0 Å². The number of aliphatic hydroxyl groups excluding tert-OH is 1. The van der Waals surface area contributed by atoms with Crippen LogP contribution in [0.25, 0.3) is 0 Å². The fourth-order valence-corrected chi connectivity index (χ4v) is 2.58. The molecule has 2 aromatic carbocycles. The molecule has 2 rings (SSSR count). The summed E-state index contributed by atoms with van der Waals surface area (Å²) in [4.78, 5) is 0. The number of rotatable bonds is 3. The van der Waals surface area contributed by atoms with Gasteiger partial charge >= 0.3 is 0 Å². The summed E-state index contributed by atoms with van der Waals surface area (Å²) in [5, 5.41) is 10.6. The zero-order chi connectivity index (χ0) is 13.1. The highest BCUT2D eigenvalue weighted by molar-refractivity contribution is 9.10. The molecule has 0 radical (unpaired) electrons. The summed E-state index contributed by atoms with van der Waals surface area (Å²) in [6, 6.07) is 11.7. The molecule has 0 aliphatic heterocycles. The average molecular weight is 330 g/mol. The van der Waals surface area contributed by atoms with Gasteiger partial charge in [0, 0.05) is 15.9 Å². The van der Waals surface area contributed by atoms with Crippen LogP contribution in [0.2, 0.25) is 5.02 Å². The lowest BCUT2D eigenvalue weighted by Crippen LogP contribution is -2.02. The van der Waals surface area contributed by atoms with Crippen molar-refractivity contribution in [1.82, 2.24) is 0 Å². The third kappa shape index (κ3) is 3.31. The average Bonchev–Trinajstić information content (AvgIpc) is 2.27. The highest BCUT2D eigenvalue weighted by atomic mass is 79.9. The molecule has 94 valence electrons. The summed E-state index contributed by atoms with van der Waals surface area (Å²) in [6.07, 6.45) is -0.424. The van der Waals surface area contributed by atoms with Crippen LogP contribution in [-0.4, -0.2) is 5.11 Å². The first-order chi connectivity index (χ1) is 8.56. The molecule has 0 fully saturated rings. The maximum absolute atomic E-state index is 13.2. The lowest BCUT2D eigenvalue weighted by molar-refractivity contribution is 0.178. The Hall–Kier alpha value is -0.900. The van der Waals surface area contributed by atoms with Gasteiger partial charge in [0.05, 0.1) is 6.10 Å². The van der Waals surface area contributed by atoms with Crippen LogP contribution in [0.3, 0.4) is 0 Å². The van der Waals surface area contributed by atoms with Crippen LogP contribution in [0, 0.1) is 5.82 Å². The Bertz CT molecular complexity index is 539. The molecular weight excluding hydrogens is 319 g/mol. The van der Waals surface area contributed by atoms with Crippen molar-refractivity contribution in [3.63, 3.8) is 0 Å². The molecule has 4 heteroatoms. The van der Waals surface area contributed by atoms with Gasteiger partial charge in [-0.25, -0.2) is 4.39 Å². The second-order valence-electron chi connectivity index (χ2n) is 4.02. The van der Waals surface area contributed by atoms with Gasteiger partial charge in [0.1, 0.15) is 5.82 Å². The smallest absolute Gasteiger partial charge is 0.124 e. The normalized spacial score (nSPS) is 12.4. The predicted octanol–water partition coefficient (Wildman–Crippen LogP) is 4.52. The third-order valence-electron chi connectivity index (χ3n) is 2.62. The maximum Gasteiger partial charge on any atom is 0.124 e. The van der Waals surface area contributed by atoms with Crippen molar-refractivity contribution in [2.45, 2.75) is 12.5 Å². The Labute approximate surface area is 118 Å². The second kappa shape index (κ2) is 5.83. The van der Waals surface area contributed by atoms with E-state index in [2.05, 4.69) is 15.9 Å². The van der Waals surface area contributed by atoms with Crippen molar-refractivity contribution in [2.24, 2.45) is 0 Å². The van der Waals surface area contributed by atoms with Crippen molar-refractivity contribution in [2.75, 3.05) is 0 Å². The van der Waals surface area contributed by atoms with Gasteiger partial charge in [0.15, 0.2) is 0 Å². The van der Waals surface area contributed by atoms with Crippen LogP contribution < -0.4 is 0 Å². The van der Waals surface area contributed by atoms with E-state index in [0.29, 0.717) is 27.0 Å². The molecule has 0 saturated heterocycles. The molecule has 0 aliphatic rings. The van der Waals surface area contributed by atoms with Gasteiger partial charge in [0.25, 0.3) is 0 Å². The number of hydrogen-bond donors (Lipinski definition) is 1. The summed E-state index contributed by atoms with van der Waals surface area (Å²) in [5.74, 6) is -0.328. The van der Waals surface area contributed by atoms with Gasteiger partial charge in [0.2, 0.25) is 0 Å². The minimum absolute atomic E-state index is 0.320. The molecule has 1 atom stereocenters. The Balaban J connectivity index is 2.21. The first-order valence-electron chi connectivity index (χ1n) is 5.44. The standard InChI is InChI=1S/C14H11BrClFO/c15-10-5-9(6-11(17)8-10)7-14(18)12-3-1-2-4-13(12)16/h1-6,8,14,18H,7H2. The zero-order valence-electron chi connectivity index (χ0n) is 9.41. The highest BCUT2D eigenvalue weighted by Crippen LogP contribution is 2.26. The number of benzene rings is 2. The fraction of sp³-hybridized carbons (Fsp3) is 0.143. The Morgan fingerprint density at radius 1 is 1.22 bits per heavy atom. The monoisotopic (exact) mass is 328 g/mol. The summed E-state index contributed by atoms with van der Waals surface area (Å²) in [5.41, 5.74) is 1.37. The van der Waals surface area contributed by atoms with Crippen LogP contribution in [0.15, 0.2) is 46.9 Å². The Morgan fingerprint density at radius 2 is 1.94 bits per heavy atom. The number of aliphatic hydroxyl groups is 1. The van der Waals surface area contributed by atoms with E-state index >= 15 is 0 Å². The zero-order valence-corrected chi connectivity index (χ0v) is 11.7. The van der Waals surface area contributed by atoms with E-state index in [9.17, 15) is 9.50 Å². The van der Waals surface area contributed by atoms with E-state index in [1.165, 1.54) is 12.1 Å². The SMILES string of the molecule is OC(Cc1cc(F)cc(Br)c1)c1ccccc1Cl. The largest absolute Gasteiger partial charge is 0.388 e. The van der Waals surface area contributed by atoms with Gasteiger partial charge in [-0.15, -0.1) is 0 Å². The van der Waals surface area contributed by atoms with E-state index in [-0.39, 0.29) is 5.82 Å². The lowest BCUT2D eigenvalue weighted by atomic mass is 10.0. The molecule has 0 aromatic heterocycles. The van der Waals surface area contributed by atoms with E-state index in [1.807, 2.05) is 6.07 Å². The van der Waals surface area contributed by atoms with Gasteiger partial charge in [-0.05, 0) is 35.4 Å². The highest BCUT2D eigenvalue weighted by Gasteiger charge is 2.12. The fourth-order valence-electron chi connectivity index (χ4n) is 1.81. The summed E-state index contributed by atoms with van der Waals surface area (Å²) < 4.78 is 13.9. The van der Waals surface area contributed by atoms with Gasteiger partial charge < -0.3 is 5.11 Å². The molecule has 0 amide bonds. The van der Waals surface area contributed by atoms with E-state index in [0.717, 1.165) is 0 Å². The molecule has 2 aromatic rings. The first kappa shape index (κ1) is 13.5. The Kier molecular flexibility index (Phi) is 4.38.